The first-order chi connectivity index (χ1) is 12.1. The zero-order valence-electron chi connectivity index (χ0n) is 14.1. The Morgan fingerprint density at radius 2 is 2.04 bits per heavy atom. The fourth-order valence-electron chi connectivity index (χ4n) is 2.07. The van der Waals surface area contributed by atoms with Crippen molar-refractivity contribution in [2.75, 3.05) is 32.7 Å². The van der Waals surface area contributed by atoms with E-state index in [4.69, 9.17) is 30.2 Å². The first-order valence-electron chi connectivity index (χ1n) is 7.70. The average Bonchev–Trinajstić information content (AvgIpc) is 3.11. The minimum atomic E-state index is -0.356. The predicted octanol–water partition coefficient (Wildman–Crippen LogP) is 3.68. The Morgan fingerprint density at radius 1 is 1.24 bits per heavy atom. The van der Waals surface area contributed by atoms with Crippen LogP contribution >= 0.6 is 11.6 Å². The Labute approximate surface area is 151 Å². The van der Waals surface area contributed by atoms with Crippen molar-refractivity contribution in [1.29, 1.82) is 0 Å². The molecule has 0 aliphatic rings. The van der Waals surface area contributed by atoms with E-state index in [9.17, 15) is 4.79 Å². The number of hydrogen-bond acceptors (Lipinski definition) is 5. The Kier molecular flexibility index (Phi) is 7.43. The molecule has 0 spiro atoms. The van der Waals surface area contributed by atoms with Gasteiger partial charge < -0.3 is 29.3 Å². The van der Waals surface area contributed by atoms with Crippen molar-refractivity contribution in [3.63, 3.8) is 0 Å². The maximum Gasteiger partial charge on any atom is 0.319 e. The van der Waals surface area contributed by atoms with Crippen LogP contribution in [0.15, 0.2) is 34.9 Å². The van der Waals surface area contributed by atoms with Gasteiger partial charge in [-0.2, -0.15) is 0 Å². The summed E-state index contributed by atoms with van der Waals surface area (Å²) in [5.74, 6) is 1.70. The summed E-state index contributed by atoms with van der Waals surface area (Å²) in [6.45, 7) is 1.40. The maximum absolute atomic E-state index is 12.0. The van der Waals surface area contributed by atoms with Gasteiger partial charge in [-0.25, -0.2) is 4.79 Å². The number of urea groups is 1. The number of benzene rings is 1. The summed E-state index contributed by atoms with van der Waals surface area (Å²) in [7, 11) is 3.01. The summed E-state index contributed by atoms with van der Waals surface area (Å²) in [6, 6.07) is 6.49. The summed E-state index contributed by atoms with van der Waals surface area (Å²) in [6.07, 6.45) is 2.28. The third-order valence-electron chi connectivity index (χ3n) is 3.30. The Hall–Kier alpha value is -2.38. The number of rotatable bonds is 9. The van der Waals surface area contributed by atoms with E-state index < -0.39 is 0 Å². The molecule has 1 aromatic carbocycles. The molecule has 2 aromatic rings. The predicted molar refractivity (Wildman–Crippen MR) is 94.6 cm³/mol. The smallest absolute Gasteiger partial charge is 0.319 e. The topological polar surface area (TPSA) is 82.0 Å². The summed E-state index contributed by atoms with van der Waals surface area (Å²) < 4.78 is 20.9. The number of ether oxygens (including phenoxy) is 3. The zero-order valence-corrected chi connectivity index (χ0v) is 14.9. The van der Waals surface area contributed by atoms with Gasteiger partial charge in [0.15, 0.2) is 0 Å². The van der Waals surface area contributed by atoms with E-state index in [0.717, 1.165) is 5.76 Å². The molecule has 0 radical (unpaired) electrons. The lowest BCUT2D eigenvalue weighted by atomic mass is 10.2. The van der Waals surface area contributed by atoms with Crippen molar-refractivity contribution in [2.45, 2.75) is 13.0 Å². The number of methoxy groups -OCH3 is 2. The van der Waals surface area contributed by atoms with E-state index in [1.807, 2.05) is 12.1 Å². The van der Waals surface area contributed by atoms with Crippen LogP contribution in [-0.4, -0.2) is 33.4 Å². The van der Waals surface area contributed by atoms with Crippen molar-refractivity contribution in [2.24, 2.45) is 0 Å². The second kappa shape index (κ2) is 9.80. The molecule has 0 fully saturated rings. The molecular formula is C17H21ClN2O5. The van der Waals surface area contributed by atoms with Gasteiger partial charge in [-0.05, 0) is 24.6 Å². The SMILES string of the molecule is COc1cc(OC)c(NC(=O)NCCCOCc2ccco2)cc1Cl. The largest absolute Gasteiger partial charge is 0.495 e. The molecule has 136 valence electrons. The zero-order chi connectivity index (χ0) is 18.1. The quantitative estimate of drug-likeness (QED) is 0.660. The highest BCUT2D eigenvalue weighted by Crippen LogP contribution is 2.35. The molecule has 1 aromatic heterocycles. The molecule has 0 saturated carbocycles. The highest BCUT2D eigenvalue weighted by Gasteiger charge is 2.12. The molecule has 0 saturated heterocycles. The summed E-state index contributed by atoms with van der Waals surface area (Å²) in [5, 5.41) is 5.82. The molecule has 2 N–H and O–H groups in total. The van der Waals surface area contributed by atoms with E-state index >= 15 is 0 Å². The highest BCUT2D eigenvalue weighted by molar-refractivity contribution is 6.32. The third-order valence-corrected chi connectivity index (χ3v) is 3.59. The van der Waals surface area contributed by atoms with E-state index in [2.05, 4.69) is 10.6 Å². The van der Waals surface area contributed by atoms with E-state index in [1.165, 1.54) is 14.2 Å². The fourth-order valence-corrected chi connectivity index (χ4v) is 2.31. The lowest BCUT2D eigenvalue weighted by molar-refractivity contribution is 0.104. The average molecular weight is 369 g/mol. The molecule has 0 atom stereocenters. The monoisotopic (exact) mass is 368 g/mol. The summed E-state index contributed by atoms with van der Waals surface area (Å²) in [5.41, 5.74) is 0.458. The number of halogens is 1. The molecule has 1 heterocycles. The molecule has 2 rings (SSSR count). The molecular weight excluding hydrogens is 348 g/mol. The van der Waals surface area contributed by atoms with Gasteiger partial charge in [-0.1, -0.05) is 11.6 Å². The van der Waals surface area contributed by atoms with Gasteiger partial charge >= 0.3 is 6.03 Å². The van der Waals surface area contributed by atoms with E-state index in [0.29, 0.717) is 48.4 Å². The number of carbonyl (C=O) groups is 1. The van der Waals surface area contributed by atoms with Crippen molar-refractivity contribution >= 4 is 23.3 Å². The van der Waals surface area contributed by atoms with Crippen LogP contribution in [-0.2, 0) is 11.3 Å². The van der Waals surface area contributed by atoms with Crippen molar-refractivity contribution in [3.8, 4) is 11.5 Å². The first kappa shape index (κ1) is 19.0. The van der Waals surface area contributed by atoms with Gasteiger partial charge in [-0.3, -0.25) is 0 Å². The molecule has 0 aliphatic carbocycles. The van der Waals surface area contributed by atoms with E-state index in [1.54, 1.807) is 18.4 Å². The lowest BCUT2D eigenvalue weighted by Crippen LogP contribution is -2.30. The normalized spacial score (nSPS) is 10.4. The standard InChI is InChI=1S/C17H21ClN2O5/c1-22-15-10-16(23-2)14(9-13(15)18)20-17(21)19-6-4-7-24-11-12-5-3-8-25-12/h3,5,8-10H,4,6-7,11H2,1-2H3,(H2,19,20,21). The Balaban J connectivity index is 1.72. The molecule has 0 aliphatic heterocycles. The first-order valence-corrected chi connectivity index (χ1v) is 8.08. The van der Waals surface area contributed by atoms with Crippen LogP contribution in [0.5, 0.6) is 11.5 Å². The van der Waals surface area contributed by atoms with Crippen molar-refractivity contribution in [3.05, 3.63) is 41.3 Å². The molecule has 0 bridgehead atoms. The molecule has 25 heavy (non-hydrogen) atoms. The second-order valence-corrected chi connectivity index (χ2v) is 5.46. The van der Waals surface area contributed by atoms with Crippen LogP contribution in [0.25, 0.3) is 0 Å². The number of anilines is 1. The minimum absolute atomic E-state index is 0.356. The molecule has 2 amide bonds. The van der Waals surface area contributed by atoms with Gasteiger partial charge in [-0.15, -0.1) is 0 Å². The van der Waals surface area contributed by atoms with Crippen molar-refractivity contribution in [1.82, 2.24) is 5.32 Å². The fraction of sp³-hybridized carbons (Fsp3) is 0.353. The van der Waals surface area contributed by atoms with E-state index in [-0.39, 0.29) is 6.03 Å². The van der Waals surface area contributed by atoms with Crippen LogP contribution < -0.4 is 20.1 Å². The number of amides is 2. The van der Waals surface area contributed by atoms with Gasteiger partial charge in [0.25, 0.3) is 0 Å². The van der Waals surface area contributed by atoms with Gasteiger partial charge in [0.05, 0.1) is 31.2 Å². The van der Waals surface area contributed by atoms with Crippen LogP contribution in [0.4, 0.5) is 10.5 Å². The highest BCUT2D eigenvalue weighted by atomic mass is 35.5. The van der Waals surface area contributed by atoms with Crippen LogP contribution in [0.2, 0.25) is 5.02 Å². The Bertz CT molecular complexity index is 676. The Morgan fingerprint density at radius 3 is 2.72 bits per heavy atom. The van der Waals surface area contributed by atoms with Crippen molar-refractivity contribution < 1.29 is 23.4 Å². The number of carbonyl (C=O) groups excluding carboxylic acids is 1. The molecule has 8 heteroatoms. The number of furan rings is 1. The van der Waals surface area contributed by atoms with Gasteiger partial charge in [0.2, 0.25) is 0 Å². The van der Waals surface area contributed by atoms with Gasteiger partial charge in [0.1, 0.15) is 23.9 Å². The minimum Gasteiger partial charge on any atom is -0.495 e. The maximum atomic E-state index is 12.0. The summed E-state index contributed by atoms with van der Waals surface area (Å²) in [4.78, 5) is 12.0. The van der Waals surface area contributed by atoms with Gasteiger partial charge in [0, 0.05) is 19.2 Å². The molecule has 0 unspecified atom stereocenters. The van der Waals surface area contributed by atoms with Crippen LogP contribution in [0.1, 0.15) is 12.2 Å². The number of nitrogens with one attached hydrogen (secondary N) is 2. The third kappa shape index (κ3) is 5.88. The van der Waals surface area contributed by atoms with Crippen LogP contribution in [0.3, 0.4) is 0 Å². The summed E-state index contributed by atoms with van der Waals surface area (Å²) >= 11 is 6.07. The lowest BCUT2D eigenvalue weighted by Gasteiger charge is -2.13. The molecule has 7 nitrogen and oxygen atoms in total. The van der Waals surface area contributed by atoms with Crippen LogP contribution in [0, 0.1) is 0 Å². The second-order valence-electron chi connectivity index (χ2n) is 5.05. The number of hydrogen-bond donors (Lipinski definition) is 2.